The van der Waals surface area contributed by atoms with Crippen molar-refractivity contribution in [1.29, 1.82) is 0 Å². The van der Waals surface area contributed by atoms with Gasteiger partial charge in [-0.1, -0.05) is 60.7 Å². The molecule has 2 aromatic carbocycles. The molecule has 3 aromatic heterocycles. The van der Waals surface area contributed by atoms with Crippen LogP contribution in [0, 0.1) is 0 Å². The maximum Gasteiger partial charge on any atom is 0.109 e. The molecule has 5 aromatic rings. The van der Waals surface area contributed by atoms with Gasteiger partial charge in [-0.2, -0.15) is 5.10 Å². The highest BCUT2D eigenvalue weighted by atomic mass is 15.1. The molecule has 4 nitrogen and oxygen atoms in total. The van der Waals surface area contributed by atoms with E-state index in [1.807, 2.05) is 36.4 Å². The first-order valence-electron chi connectivity index (χ1n) is 8.92. The lowest BCUT2D eigenvalue weighted by atomic mass is 10.2. The summed E-state index contributed by atoms with van der Waals surface area (Å²) in [5.74, 6) is 0. The second-order valence-electron chi connectivity index (χ2n) is 6.47. The molecule has 0 saturated carbocycles. The summed E-state index contributed by atoms with van der Waals surface area (Å²) in [7, 11) is 0. The van der Waals surface area contributed by atoms with Gasteiger partial charge in [0.25, 0.3) is 0 Å². The summed E-state index contributed by atoms with van der Waals surface area (Å²) in [6, 6.07) is 30.9. The number of aromatic nitrogens is 4. The van der Waals surface area contributed by atoms with E-state index in [0.29, 0.717) is 0 Å². The fourth-order valence-corrected chi connectivity index (χ4v) is 3.27. The van der Waals surface area contributed by atoms with Crippen LogP contribution in [0.5, 0.6) is 0 Å². The number of hydrogen-bond acceptors (Lipinski definition) is 1. The van der Waals surface area contributed by atoms with E-state index < -0.39 is 0 Å². The zero-order chi connectivity index (χ0) is 18.1. The van der Waals surface area contributed by atoms with Gasteiger partial charge >= 0.3 is 0 Å². The molecule has 0 amide bonds. The minimum absolute atomic E-state index is 0.892. The fourth-order valence-electron chi connectivity index (χ4n) is 3.27. The van der Waals surface area contributed by atoms with Crippen LogP contribution in [0.25, 0.3) is 45.3 Å². The highest BCUT2D eigenvalue weighted by Crippen LogP contribution is 2.28. The Labute approximate surface area is 156 Å². The molecule has 130 valence electrons. The van der Waals surface area contributed by atoms with Gasteiger partial charge in [0.05, 0.1) is 17.1 Å². The van der Waals surface area contributed by atoms with Crippen LogP contribution in [0.1, 0.15) is 0 Å². The van der Waals surface area contributed by atoms with Crippen molar-refractivity contribution in [1.82, 2.24) is 20.2 Å². The summed E-state index contributed by atoms with van der Waals surface area (Å²) in [5.41, 5.74) is 8.37. The predicted octanol–water partition coefficient (Wildman–Crippen LogP) is 5.73. The molecular formula is C23H18N4. The molecule has 0 saturated heterocycles. The van der Waals surface area contributed by atoms with Crippen LogP contribution in [0.15, 0.2) is 91.0 Å². The quantitative estimate of drug-likeness (QED) is 0.381. The largest absolute Gasteiger partial charge is 0.353 e. The predicted molar refractivity (Wildman–Crippen MR) is 109 cm³/mol. The number of rotatable bonds is 4. The van der Waals surface area contributed by atoms with Crippen LogP contribution < -0.4 is 0 Å². The average molecular weight is 350 g/mol. The summed E-state index contributed by atoms with van der Waals surface area (Å²) >= 11 is 0. The van der Waals surface area contributed by atoms with Crippen molar-refractivity contribution in [3.63, 3.8) is 0 Å². The van der Waals surface area contributed by atoms with Gasteiger partial charge in [-0.15, -0.1) is 0 Å². The molecule has 0 atom stereocenters. The molecule has 0 unspecified atom stereocenters. The summed E-state index contributed by atoms with van der Waals surface area (Å²) in [4.78, 5) is 6.91. The second-order valence-corrected chi connectivity index (χ2v) is 6.47. The van der Waals surface area contributed by atoms with Crippen molar-refractivity contribution in [2.24, 2.45) is 0 Å². The maximum absolute atomic E-state index is 4.48. The van der Waals surface area contributed by atoms with E-state index in [-0.39, 0.29) is 0 Å². The van der Waals surface area contributed by atoms with E-state index in [1.165, 1.54) is 5.56 Å². The molecule has 0 aliphatic rings. The number of hydrogen-bond donors (Lipinski definition) is 3. The van der Waals surface area contributed by atoms with Crippen LogP contribution in [-0.2, 0) is 0 Å². The van der Waals surface area contributed by atoms with Gasteiger partial charge in [-0.3, -0.25) is 5.10 Å². The molecule has 0 aliphatic carbocycles. The first-order chi connectivity index (χ1) is 13.4. The van der Waals surface area contributed by atoms with Gasteiger partial charge in [0, 0.05) is 11.4 Å². The SMILES string of the molecule is c1ccc(-c2ccc(-c3cc(-c4ccc(-c5ccccc5)[nH]4)[nH]n3)[nH]2)cc1. The average Bonchev–Trinajstić information content (AvgIpc) is 3.49. The van der Waals surface area contributed by atoms with Gasteiger partial charge in [-0.05, 0) is 41.5 Å². The molecule has 4 heteroatoms. The summed E-state index contributed by atoms with van der Waals surface area (Å²) in [5, 5.41) is 7.61. The van der Waals surface area contributed by atoms with E-state index >= 15 is 0 Å². The lowest BCUT2D eigenvalue weighted by Crippen LogP contribution is -1.79. The van der Waals surface area contributed by atoms with Gasteiger partial charge in [0.15, 0.2) is 0 Å². The normalized spacial score (nSPS) is 11.0. The standard InChI is InChI=1S/C23H18N4/c1-3-7-16(8-4-1)18-11-13-20(24-18)22-15-23(27-26-22)21-14-12-19(25-21)17-9-5-2-6-10-17/h1-15,24-25H,(H,26,27). The first-order valence-corrected chi connectivity index (χ1v) is 8.92. The van der Waals surface area contributed by atoms with Crippen LogP contribution in [0.3, 0.4) is 0 Å². The van der Waals surface area contributed by atoms with Crippen LogP contribution in [0.4, 0.5) is 0 Å². The molecular weight excluding hydrogens is 332 g/mol. The van der Waals surface area contributed by atoms with E-state index in [4.69, 9.17) is 0 Å². The Morgan fingerprint density at radius 2 is 1.00 bits per heavy atom. The topological polar surface area (TPSA) is 60.3 Å². The highest BCUT2D eigenvalue weighted by molar-refractivity contribution is 5.71. The molecule has 0 spiro atoms. The zero-order valence-electron chi connectivity index (χ0n) is 14.6. The Kier molecular flexibility index (Phi) is 3.72. The molecule has 0 radical (unpaired) electrons. The van der Waals surface area contributed by atoms with Crippen molar-refractivity contribution in [3.05, 3.63) is 91.0 Å². The lowest BCUT2D eigenvalue weighted by Gasteiger charge is -1.97. The molecule has 3 heterocycles. The van der Waals surface area contributed by atoms with E-state index in [1.54, 1.807) is 0 Å². The maximum atomic E-state index is 4.48. The van der Waals surface area contributed by atoms with E-state index in [9.17, 15) is 0 Å². The molecule has 5 rings (SSSR count). The molecule has 0 fully saturated rings. The minimum atomic E-state index is 0.892. The summed E-state index contributed by atoms with van der Waals surface area (Å²) in [6.45, 7) is 0. The van der Waals surface area contributed by atoms with Gasteiger partial charge in [-0.25, -0.2) is 0 Å². The number of H-pyrrole nitrogens is 3. The Hall–Kier alpha value is -3.79. The fraction of sp³-hybridized carbons (Fsp3) is 0. The third-order valence-corrected chi connectivity index (χ3v) is 4.69. The third-order valence-electron chi connectivity index (χ3n) is 4.69. The third kappa shape index (κ3) is 2.98. The van der Waals surface area contributed by atoms with Gasteiger partial charge in [0.1, 0.15) is 5.69 Å². The van der Waals surface area contributed by atoms with Crippen molar-refractivity contribution in [2.75, 3.05) is 0 Å². The second kappa shape index (κ2) is 6.50. The summed E-state index contributed by atoms with van der Waals surface area (Å²) < 4.78 is 0. The number of nitrogens with zero attached hydrogens (tertiary/aromatic N) is 1. The Bertz CT molecular complexity index is 1070. The first kappa shape index (κ1) is 15.5. The van der Waals surface area contributed by atoms with Gasteiger partial charge in [0.2, 0.25) is 0 Å². The van der Waals surface area contributed by atoms with Crippen LogP contribution in [0.2, 0.25) is 0 Å². The Balaban J connectivity index is 1.42. The highest BCUT2D eigenvalue weighted by Gasteiger charge is 2.10. The Morgan fingerprint density at radius 1 is 0.481 bits per heavy atom. The Morgan fingerprint density at radius 3 is 1.63 bits per heavy atom. The summed E-state index contributed by atoms with van der Waals surface area (Å²) in [6.07, 6.45) is 0. The van der Waals surface area contributed by atoms with Crippen molar-refractivity contribution in [2.45, 2.75) is 0 Å². The smallest absolute Gasteiger partial charge is 0.109 e. The zero-order valence-corrected chi connectivity index (χ0v) is 14.6. The monoisotopic (exact) mass is 350 g/mol. The minimum Gasteiger partial charge on any atom is -0.353 e. The number of nitrogens with one attached hydrogen (secondary N) is 3. The van der Waals surface area contributed by atoms with Crippen molar-refractivity contribution < 1.29 is 0 Å². The van der Waals surface area contributed by atoms with Crippen molar-refractivity contribution >= 4 is 0 Å². The molecule has 0 aliphatic heterocycles. The van der Waals surface area contributed by atoms with E-state index in [0.717, 1.165) is 39.7 Å². The molecule has 3 N–H and O–H groups in total. The number of aromatic amines is 3. The lowest BCUT2D eigenvalue weighted by molar-refractivity contribution is 1.09. The van der Waals surface area contributed by atoms with Crippen LogP contribution >= 0.6 is 0 Å². The number of benzene rings is 2. The van der Waals surface area contributed by atoms with E-state index in [2.05, 4.69) is 74.8 Å². The molecule has 27 heavy (non-hydrogen) atoms. The van der Waals surface area contributed by atoms with Crippen LogP contribution in [-0.4, -0.2) is 20.2 Å². The van der Waals surface area contributed by atoms with Gasteiger partial charge < -0.3 is 9.97 Å². The van der Waals surface area contributed by atoms with Crippen molar-refractivity contribution in [3.8, 4) is 45.3 Å². The molecule has 0 bridgehead atoms.